The van der Waals surface area contributed by atoms with Crippen molar-refractivity contribution in [2.45, 2.75) is 19.3 Å². The molecule has 0 spiro atoms. The van der Waals surface area contributed by atoms with Crippen LogP contribution in [-0.2, 0) is 0 Å². The van der Waals surface area contributed by atoms with Crippen LogP contribution in [0.25, 0.3) is 0 Å². The number of piperidine rings is 1. The molecule has 0 N–H and O–H groups in total. The molecule has 3 nitrogen and oxygen atoms in total. The van der Waals surface area contributed by atoms with Gasteiger partial charge in [0.15, 0.2) is 0 Å². The van der Waals surface area contributed by atoms with Crippen LogP contribution < -0.4 is 10.5 Å². The zero-order valence-electron chi connectivity index (χ0n) is 7.83. The summed E-state index contributed by atoms with van der Waals surface area (Å²) in [5.74, 6) is 0. The Kier molecular flexibility index (Phi) is 2.91. The molecule has 1 aliphatic heterocycles. The molecule has 2 rings (SSSR count). The van der Waals surface area contributed by atoms with E-state index in [0.717, 1.165) is 30.4 Å². The Morgan fingerprint density at radius 2 is 2.00 bits per heavy atom. The Balaban J connectivity index is 2.29. The van der Waals surface area contributed by atoms with Crippen LogP contribution in [0.15, 0.2) is 26.0 Å². The summed E-state index contributed by atoms with van der Waals surface area (Å²) in [6, 6.07) is 1.83. The van der Waals surface area contributed by atoms with Gasteiger partial charge < -0.3 is 9.32 Å². The Morgan fingerprint density at radius 3 is 2.71 bits per heavy atom. The Labute approximate surface area is 90.8 Å². The highest BCUT2D eigenvalue weighted by Crippen LogP contribution is 2.19. The van der Waals surface area contributed by atoms with E-state index in [0.29, 0.717) is 5.69 Å². The van der Waals surface area contributed by atoms with Gasteiger partial charge in [-0.1, -0.05) is 0 Å². The second kappa shape index (κ2) is 4.17. The summed E-state index contributed by atoms with van der Waals surface area (Å²) in [6.07, 6.45) is 5.00. The van der Waals surface area contributed by atoms with E-state index < -0.39 is 0 Å². The first-order chi connectivity index (χ1) is 6.77. The maximum atomic E-state index is 11.4. The topological polar surface area (TPSA) is 33.5 Å². The minimum Gasteiger partial charge on any atom is -0.429 e. The molecule has 0 radical (unpaired) electrons. The maximum Gasteiger partial charge on any atom is 0.359 e. The van der Waals surface area contributed by atoms with E-state index in [9.17, 15) is 4.79 Å². The molecular formula is C10H12BrNO2. The van der Waals surface area contributed by atoms with E-state index in [4.69, 9.17) is 4.42 Å². The van der Waals surface area contributed by atoms with Crippen molar-refractivity contribution < 1.29 is 4.42 Å². The smallest absolute Gasteiger partial charge is 0.359 e. The summed E-state index contributed by atoms with van der Waals surface area (Å²) in [5, 5.41) is 0. The molecule has 0 unspecified atom stereocenters. The molecule has 2 heterocycles. The lowest BCUT2D eigenvalue weighted by atomic mass is 10.1. The van der Waals surface area contributed by atoms with Crippen molar-refractivity contribution in [2.24, 2.45) is 0 Å². The van der Waals surface area contributed by atoms with Gasteiger partial charge >= 0.3 is 5.63 Å². The quantitative estimate of drug-likeness (QED) is 0.775. The summed E-state index contributed by atoms with van der Waals surface area (Å²) >= 11 is 3.30. The van der Waals surface area contributed by atoms with Crippen LogP contribution in [0.3, 0.4) is 0 Å². The van der Waals surface area contributed by atoms with Crippen LogP contribution in [0.5, 0.6) is 0 Å². The fourth-order valence-electron chi connectivity index (χ4n) is 1.75. The van der Waals surface area contributed by atoms with E-state index in [2.05, 4.69) is 20.8 Å². The summed E-state index contributed by atoms with van der Waals surface area (Å²) in [7, 11) is 0. The van der Waals surface area contributed by atoms with Gasteiger partial charge in [0.2, 0.25) is 0 Å². The third kappa shape index (κ3) is 2.00. The number of halogens is 1. The van der Waals surface area contributed by atoms with Crippen LogP contribution in [0.1, 0.15) is 19.3 Å². The Hall–Kier alpha value is -0.770. The predicted molar refractivity (Wildman–Crippen MR) is 58.7 cm³/mol. The SMILES string of the molecule is O=c1occ(Br)cc1N1CCCCC1. The van der Waals surface area contributed by atoms with E-state index in [1.54, 1.807) is 0 Å². The highest BCUT2D eigenvalue weighted by molar-refractivity contribution is 9.10. The molecule has 1 aromatic heterocycles. The zero-order valence-corrected chi connectivity index (χ0v) is 9.42. The molecule has 0 aliphatic carbocycles. The fraction of sp³-hybridized carbons (Fsp3) is 0.500. The monoisotopic (exact) mass is 257 g/mol. The third-order valence-electron chi connectivity index (χ3n) is 2.46. The molecule has 1 saturated heterocycles. The second-order valence-corrected chi connectivity index (χ2v) is 4.40. The van der Waals surface area contributed by atoms with Crippen molar-refractivity contribution in [3.8, 4) is 0 Å². The molecule has 0 atom stereocenters. The molecule has 0 bridgehead atoms. The number of hydrogen-bond donors (Lipinski definition) is 0. The Morgan fingerprint density at radius 1 is 1.29 bits per heavy atom. The van der Waals surface area contributed by atoms with Gasteiger partial charge in [0.25, 0.3) is 0 Å². The van der Waals surface area contributed by atoms with Crippen LogP contribution >= 0.6 is 15.9 Å². The van der Waals surface area contributed by atoms with E-state index in [1.165, 1.54) is 12.7 Å². The van der Waals surface area contributed by atoms with Gasteiger partial charge in [-0.25, -0.2) is 4.79 Å². The number of anilines is 1. The lowest BCUT2D eigenvalue weighted by molar-refractivity contribution is 0.497. The molecule has 0 amide bonds. The standard InChI is InChI=1S/C10H12BrNO2/c11-8-6-9(10(13)14-7-8)12-4-2-1-3-5-12/h6-7H,1-5H2. The minimum absolute atomic E-state index is 0.241. The first kappa shape index (κ1) is 9.77. The molecule has 4 heteroatoms. The number of hydrogen-bond acceptors (Lipinski definition) is 3. The molecule has 1 fully saturated rings. The summed E-state index contributed by atoms with van der Waals surface area (Å²) in [4.78, 5) is 13.5. The van der Waals surface area contributed by atoms with Crippen molar-refractivity contribution in [2.75, 3.05) is 18.0 Å². The average molecular weight is 258 g/mol. The van der Waals surface area contributed by atoms with E-state index in [1.807, 2.05) is 6.07 Å². The minimum atomic E-state index is -0.241. The maximum absolute atomic E-state index is 11.4. The van der Waals surface area contributed by atoms with Crippen molar-refractivity contribution in [3.63, 3.8) is 0 Å². The predicted octanol–water partition coefficient (Wildman–Crippen LogP) is 2.39. The van der Waals surface area contributed by atoms with Crippen molar-refractivity contribution in [1.82, 2.24) is 0 Å². The van der Waals surface area contributed by atoms with Crippen molar-refractivity contribution in [1.29, 1.82) is 0 Å². The number of nitrogens with zero attached hydrogens (tertiary/aromatic N) is 1. The molecule has 1 aromatic rings. The van der Waals surface area contributed by atoms with Gasteiger partial charge in [0.05, 0.1) is 4.47 Å². The Bertz CT molecular complexity index is 369. The van der Waals surface area contributed by atoms with Gasteiger partial charge in [0.1, 0.15) is 12.0 Å². The van der Waals surface area contributed by atoms with Gasteiger partial charge in [-0.3, -0.25) is 0 Å². The average Bonchev–Trinajstić information content (AvgIpc) is 2.23. The van der Waals surface area contributed by atoms with Crippen LogP contribution in [0.4, 0.5) is 5.69 Å². The van der Waals surface area contributed by atoms with Gasteiger partial charge in [-0.15, -0.1) is 0 Å². The number of rotatable bonds is 1. The first-order valence-electron chi connectivity index (χ1n) is 4.81. The van der Waals surface area contributed by atoms with E-state index >= 15 is 0 Å². The van der Waals surface area contributed by atoms with Crippen LogP contribution in [0.2, 0.25) is 0 Å². The lowest BCUT2D eigenvalue weighted by Gasteiger charge is -2.27. The van der Waals surface area contributed by atoms with Crippen LogP contribution in [-0.4, -0.2) is 13.1 Å². The largest absolute Gasteiger partial charge is 0.429 e. The van der Waals surface area contributed by atoms with Crippen molar-refractivity contribution in [3.05, 3.63) is 27.2 Å². The zero-order chi connectivity index (χ0) is 9.97. The van der Waals surface area contributed by atoms with Gasteiger partial charge in [0, 0.05) is 13.1 Å². The molecule has 76 valence electrons. The highest BCUT2D eigenvalue weighted by atomic mass is 79.9. The molecular weight excluding hydrogens is 246 g/mol. The molecule has 0 saturated carbocycles. The van der Waals surface area contributed by atoms with Crippen molar-refractivity contribution >= 4 is 21.6 Å². The summed E-state index contributed by atoms with van der Waals surface area (Å²) in [5.41, 5.74) is 0.439. The lowest BCUT2D eigenvalue weighted by Crippen LogP contribution is -2.32. The molecule has 0 aromatic carbocycles. The summed E-state index contributed by atoms with van der Waals surface area (Å²) in [6.45, 7) is 1.92. The fourth-order valence-corrected chi connectivity index (χ4v) is 2.06. The molecule has 1 aliphatic rings. The normalized spacial score (nSPS) is 17.1. The van der Waals surface area contributed by atoms with E-state index in [-0.39, 0.29) is 5.63 Å². The van der Waals surface area contributed by atoms with Gasteiger partial charge in [-0.05, 0) is 41.3 Å². The molecule has 14 heavy (non-hydrogen) atoms. The highest BCUT2D eigenvalue weighted by Gasteiger charge is 2.14. The third-order valence-corrected chi connectivity index (χ3v) is 2.87. The first-order valence-corrected chi connectivity index (χ1v) is 5.60. The van der Waals surface area contributed by atoms with Gasteiger partial charge in [-0.2, -0.15) is 0 Å². The van der Waals surface area contributed by atoms with Crippen LogP contribution in [0, 0.1) is 0 Å². The second-order valence-electron chi connectivity index (χ2n) is 3.49. The summed E-state index contributed by atoms with van der Waals surface area (Å²) < 4.78 is 5.72.